The molecule has 4 nitrogen and oxygen atoms in total. The lowest BCUT2D eigenvalue weighted by Crippen LogP contribution is -2.35. The Morgan fingerprint density at radius 2 is 2.39 bits per heavy atom. The molecule has 1 atom stereocenters. The van der Waals surface area contributed by atoms with Gasteiger partial charge in [-0.25, -0.2) is 4.79 Å². The predicted molar refractivity (Wildman–Crippen MR) is 72.2 cm³/mol. The molecule has 18 heavy (non-hydrogen) atoms. The van der Waals surface area contributed by atoms with Crippen LogP contribution in [0.25, 0.3) is 0 Å². The number of aryl methyl sites for hydroxylation is 1. The van der Waals surface area contributed by atoms with Crippen molar-refractivity contribution in [2.45, 2.75) is 25.9 Å². The Kier molecular flexibility index (Phi) is 4.44. The molecule has 5 heteroatoms. The summed E-state index contributed by atoms with van der Waals surface area (Å²) in [7, 11) is 0. The summed E-state index contributed by atoms with van der Waals surface area (Å²) < 4.78 is 5.42. The normalized spacial score (nSPS) is 18.7. The summed E-state index contributed by atoms with van der Waals surface area (Å²) in [5, 5.41) is 6.18. The number of nitrogens with one attached hydrogen (secondary N) is 2. The summed E-state index contributed by atoms with van der Waals surface area (Å²) in [4.78, 5) is 11.6. The molecule has 0 radical (unpaired) electrons. The van der Waals surface area contributed by atoms with Crippen LogP contribution in [-0.4, -0.2) is 25.3 Å². The van der Waals surface area contributed by atoms with Crippen molar-refractivity contribution in [1.82, 2.24) is 5.32 Å². The van der Waals surface area contributed by atoms with Gasteiger partial charge in [0.25, 0.3) is 0 Å². The Morgan fingerprint density at radius 3 is 3.06 bits per heavy atom. The highest BCUT2D eigenvalue weighted by atomic mass is 35.5. The van der Waals surface area contributed by atoms with E-state index in [9.17, 15) is 4.79 Å². The van der Waals surface area contributed by atoms with Crippen LogP contribution >= 0.6 is 11.6 Å². The summed E-state index contributed by atoms with van der Waals surface area (Å²) >= 11 is 5.99. The van der Waals surface area contributed by atoms with Crippen LogP contribution in [-0.2, 0) is 4.74 Å². The molecule has 1 aromatic rings. The summed E-state index contributed by atoms with van der Waals surface area (Å²) in [6.07, 6.45) is 2.23. The molecule has 1 fully saturated rings. The number of hydrogen-bond acceptors (Lipinski definition) is 2. The Morgan fingerprint density at radius 1 is 1.56 bits per heavy atom. The fraction of sp³-hybridized carbons (Fsp3) is 0.462. The van der Waals surface area contributed by atoms with E-state index >= 15 is 0 Å². The fourth-order valence-electron chi connectivity index (χ4n) is 1.86. The summed E-state index contributed by atoms with van der Waals surface area (Å²) in [6.45, 7) is 3.26. The minimum Gasteiger partial charge on any atom is -0.376 e. The molecule has 1 heterocycles. The molecule has 1 aliphatic heterocycles. The molecule has 2 N–H and O–H groups in total. The van der Waals surface area contributed by atoms with Gasteiger partial charge in [0.15, 0.2) is 0 Å². The van der Waals surface area contributed by atoms with Crippen molar-refractivity contribution < 1.29 is 9.53 Å². The van der Waals surface area contributed by atoms with E-state index in [0.717, 1.165) is 25.0 Å². The molecule has 98 valence electrons. The third kappa shape index (κ3) is 3.62. The van der Waals surface area contributed by atoms with Gasteiger partial charge in [-0.2, -0.15) is 0 Å². The second kappa shape index (κ2) is 6.07. The number of anilines is 1. The van der Waals surface area contributed by atoms with Crippen molar-refractivity contribution in [1.29, 1.82) is 0 Å². The van der Waals surface area contributed by atoms with Gasteiger partial charge in [0.1, 0.15) is 0 Å². The third-order valence-electron chi connectivity index (χ3n) is 2.94. The number of rotatable bonds is 3. The van der Waals surface area contributed by atoms with Crippen LogP contribution in [0.15, 0.2) is 18.2 Å². The SMILES string of the molecule is Cc1ccc(NC(=O)NC[C@H]2CCCO2)cc1Cl. The number of urea groups is 1. The van der Waals surface area contributed by atoms with Gasteiger partial charge in [0, 0.05) is 23.9 Å². The first-order valence-electron chi connectivity index (χ1n) is 6.08. The Bertz CT molecular complexity index is 431. The van der Waals surface area contributed by atoms with Crippen LogP contribution in [0.2, 0.25) is 5.02 Å². The zero-order valence-electron chi connectivity index (χ0n) is 10.3. The fourth-order valence-corrected chi connectivity index (χ4v) is 2.04. The van der Waals surface area contributed by atoms with Gasteiger partial charge >= 0.3 is 6.03 Å². The highest BCUT2D eigenvalue weighted by molar-refractivity contribution is 6.31. The van der Waals surface area contributed by atoms with Crippen molar-refractivity contribution in [2.75, 3.05) is 18.5 Å². The zero-order chi connectivity index (χ0) is 13.0. The van der Waals surface area contributed by atoms with E-state index in [1.54, 1.807) is 6.07 Å². The van der Waals surface area contributed by atoms with Crippen LogP contribution in [0.1, 0.15) is 18.4 Å². The number of hydrogen-bond donors (Lipinski definition) is 2. The van der Waals surface area contributed by atoms with Gasteiger partial charge in [0.05, 0.1) is 6.10 Å². The average molecular weight is 269 g/mol. The van der Waals surface area contributed by atoms with Crippen molar-refractivity contribution in [3.05, 3.63) is 28.8 Å². The molecular formula is C13H17ClN2O2. The number of halogens is 1. The predicted octanol–water partition coefficient (Wildman–Crippen LogP) is 2.95. The van der Waals surface area contributed by atoms with Gasteiger partial charge in [-0.05, 0) is 37.5 Å². The number of ether oxygens (including phenoxy) is 1. The van der Waals surface area contributed by atoms with E-state index < -0.39 is 0 Å². The third-order valence-corrected chi connectivity index (χ3v) is 3.35. The molecule has 0 spiro atoms. The van der Waals surface area contributed by atoms with Crippen LogP contribution in [0.3, 0.4) is 0 Å². The van der Waals surface area contributed by atoms with E-state index in [4.69, 9.17) is 16.3 Å². The molecule has 0 bridgehead atoms. The van der Waals surface area contributed by atoms with Gasteiger partial charge in [0.2, 0.25) is 0 Å². The molecular weight excluding hydrogens is 252 g/mol. The van der Waals surface area contributed by atoms with Gasteiger partial charge in [-0.3, -0.25) is 0 Å². The average Bonchev–Trinajstić information content (AvgIpc) is 2.84. The molecule has 0 saturated carbocycles. The molecule has 0 aliphatic carbocycles. The maximum absolute atomic E-state index is 11.6. The molecule has 2 rings (SSSR count). The minimum atomic E-state index is -0.231. The highest BCUT2D eigenvalue weighted by Crippen LogP contribution is 2.19. The molecule has 1 saturated heterocycles. The quantitative estimate of drug-likeness (QED) is 0.886. The van der Waals surface area contributed by atoms with Crippen molar-refractivity contribution >= 4 is 23.3 Å². The zero-order valence-corrected chi connectivity index (χ0v) is 11.1. The van der Waals surface area contributed by atoms with E-state index in [1.807, 2.05) is 19.1 Å². The minimum absolute atomic E-state index is 0.150. The Hall–Kier alpha value is -1.26. The summed E-state index contributed by atoms with van der Waals surface area (Å²) in [5.74, 6) is 0. The highest BCUT2D eigenvalue weighted by Gasteiger charge is 2.16. The first kappa shape index (κ1) is 13.2. The summed E-state index contributed by atoms with van der Waals surface area (Å²) in [5.41, 5.74) is 1.68. The Labute approximate surface area is 112 Å². The van der Waals surface area contributed by atoms with Crippen LogP contribution in [0.5, 0.6) is 0 Å². The van der Waals surface area contributed by atoms with Crippen molar-refractivity contribution in [3.8, 4) is 0 Å². The lowest BCUT2D eigenvalue weighted by molar-refractivity contribution is 0.112. The monoisotopic (exact) mass is 268 g/mol. The standard InChI is InChI=1S/C13H17ClN2O2/c1-9-4-5-10(7-12(9)14)16-13(17)15-8-11-3-2-6-18-11/h4-5,7,11H,2-3,6,8H2,1H3,(H2,15,16,17)/t11-/m1/s1. The number of benzene rings is 1. The number of carbonyl (C=O) groups is 1. The number of carbonyl (C=O) groups excluding carboxylic acids is 1. The maximum Gasteiger partial charge on any atom is 0.319 e. The first-order chi connectivity index (χ1) is 8.65. The van der Waals surface area contributed by atoms with Crippen LogP contribution in [0.4, 0.5) is 10.5 Å². The maximum atomic E-state index is 11.6. The lowest BCUT2D eigenvalue weighted by atomic mass is 10.2. The molecule has 1 aromatic carbocycles. The number of amides is 2. The van der Waals surface area contributed by atoms with E-state index in [-0.39, 0.29) is 12.1 Å². The van der Waals surface area contributed by atoms with E-state index in [0.29, 0.717) is 17.3 Å². The molecule has 0 unspecified atom stereocenters. The molecule has 0 aromatic heterocycles. The lowest BCUT2D eigenvalue weighted by Gasteiger charge is -2.12. The van der Waals surface area contributed by atoms with Crippen molar-refractivity contribution in [3.63, 3.8) is 0 Å². The van der Waals surface area contributed by atoms with Crippen LogP contribution < -0.4 is 10.6 Å². The molecule has 1 aliphatic rings. The largest absolute Gasteiger partial charge is 0.376 e. The van der Waals surface area contributed by atoms with E-state index in [2.05, 4.69) is 10.6 Å². The Balaban J connectivity index is 1.80. The van der Waals surface area contributed by atoms with E-state index in [1.165, 1.54) is 0 Å². The van der Waals surface area contributed by atoms with Gasteiger partial charge < -0.3 is 15.4 Å². The second-order valence-electron chi connectivity index (χ2n) is 4.43. The van der Waals surface area contributed by atoms with Gasteiger partial charge in [-0.1, -0.05) is 17.7 Å². The first-order valence-corrected chi connectivity index (χ1v) is 6.45. The van der Waals surface area contributed by atoms with Crippen LogP contribution in [0, 0.1) is 6.92 Å². The van der Waals surface area contributed by atoms with Gasteiger partial charge in [-0.15, -0.1) is 0 Å². The molecule has 2 amide bonds. The van der Waals surface area contributed by atoms with Crippen molar-refractivity contribution in [2.24, 2.45) is 0 Å². The smallest absolute Gasteiger partial charge is 0.319 e. The topological polar surface area (TPSA) is 50.4 Å². The second-order valence-corrected chi connectivity index (χ2v) is 4.84. The summed E-state index contributed by atoms with van der Waals surface area (Å²) in [6, 6.07) is 5.21.